The monoisotopic (exact) mass is 311 g/mol. The van der Waals surface area contributed by atoms with E-state index in [1.807, 2.05) is 24.0 Å². The number of rotatable bonds is 6. The molecule has 0 aromatic heterocycles. The molecule has 1 N–H and O–H groups in total. The Balaban J connectivity index is 2.52. The van der Waals surface area contributed by atoms with Gasteiger partial charge >= 0.3 is 0 Å². The molecule has 0 fully saturated rings. The van der Waals surface area contributed by atoms with Gasteiger partial charge in [-0.25, -0.2) is 0 Å². The van der Waals surface area contributed by atoms with Gasteiger partial charge in [-0.15, -0.1) is 0 Å². The van der Waals surface area contributed by atoms with E-state index in [0.29, 0.717) is 13.0 Å². The van der Waals surface area contributed by atoms with Crippen molar-refractivity contribution in [3.8, 4) is 5.75 Å². The molecule has 0 saturated heterocycles. The molecule has 0 unspecified atom stereocenters. The zero-order valence-corrected chi connectivity index (χ0v) is 14.2. The first-order valence-corrected chi connectivity index (χ1v) is 8.30. The third-order valence-electron chi connectivity index (χ3n) is 4.16. The molecule has 3 nitrogen and oxygen atoms in total. The Bertz CT molecular complexity index is 657. The van der Waals surface area contributed by atoms with Crippen LogP contribution in [-0.4, -0.2) is 11.0 Å². The molecule has 0 bridgehead atoms. The molecule has 2 aromatic carbocycles. The molecular weight excluding hydrogens is 286 g/mol. The fourth-order valence-corrected chi connectivity index (χ4v) is 2.86. The lowest BCUT2D eigenvalue weighted by atomic mass is 10.0. The molecule has 3 heteroatoms. The molecule has 122 valence electrons. The van der Waals surface area contributed by atoms with Crippen molar-refractivity contribution in [2.75, 3.05) is 4.90 Å². The zero-order valence-electron chi connectivity index (χ0n) is 14.2. The van der Waals surface area contributed by atoms with Crippen LogP contribution in [-0.2, 0) is 24.2 Å². The highest BCUT2D eigenvalue weighted by Gasteiger charge is 2.21. The molecule has 2 rings (SSSR count). The predicted molar refractivity (Wildman–Crippen MR) is 94.8 cm³/mol. The van der Waals surface area contributed by atoms with Crippen LogP contribution in [0.25, 0.3) is 0 Å². The Morgan fingerprint density at radius 3 is 2.00 bits per heavy atom. The van der Waals surface area contributed by atoms with Crippen LogP contribution in [0.4, 0.5) is 5.69 Å². The molecule has 0 aliphatic carbocycles. The van der Waals surface area contributed by atoms with Crippen molar-refractivity contribution in [3.05, 3.63) is 59.2 Å². The van der Waals surface area contributed by atoms with Gasteiger partial charge in [-0.1, -0.05) is 57.2 Å². The number of carbonyl (C=O) groups excluding carboxylic acids is 1. The van der Waals surface area contributed by atoms with Crippen LogP contribution in [0.15, 0.2) is 42.5 Å². The summed E-state index contributed by atoms with van der Waals surface area (Å²) in [5.74, 6) is 0.303. The molecular formula is C20H25NO2. The number of amides is 1. The van der Waals surface area contributed by atoms with Crippen LogP contribution in [0.2, 0.25) is 0 Å². The number of hydrogen-bond acceptors (Lipinski definition) is 2. The van der Waals surface area contributed by atoms with E-state index in [9.17, 15) is 9.90 Å². The lowest BCUT2D eigenvalue weighted by Gasteiger charge is -2.27. The molecule has 0 spiro atoms. The topological polar surface area (TPSA) is 40.5 Å². The predicted octanol–water partition coefficient (Wildman–Crippen LogP) is 4.46. The van der Waals surface area contributed by atoms with Gasteiger partial charge in [-0.2, -0.15) is 0 Å². The molecule has 0 radical (unpaired) electrons. The summed E-state index contributed by atoms with van der Waals surface area (Å²) in [4.78, 5) is 14.4. The van der Waals surface area contributed by atoms with Gasteiger partial charge < -0.3 is 10.0 Å². The summed E-state index contributed by atoms with van der Waals surface area (Å²) in [6, 6.07) is 13.4. The van der Waals surface area contributed by atoms with Gasteiger partial charge in [0.05, 0.1) is 12.2 Å². The number of anilines is 1. The van der Waals surface area contributed by atoms with E-state index < -0.39 is 0 Å². The van der Waals surface area contributed by atoms with Crippen LogP contribution >= 0.6 is 0 Å². The maximum Gasteiger partial charge on any atom is 0.227 e. The Labute approximate surface area is 138 Å². The Morgan fingerprint density at radius 2 is 1.48 bits per heavy atom. The second-order valence-corrected chi connectivity index (χ2v) is 5.59. The van der Waals surface area contributed by atoms with Crippen molar-refractivity contribution >= 4 is 11.6 Å². The number of aromatic hydroxyl groups is 1. The number of aryl methyl sites for hydroxylation is 2. The van der Waals surface area contributed by atoms with Crippen molar-refractivity contribution in [1.29, 1.82) is 0 Å². The number of para-hydroxylation sites is 2. The Kier molecular flexibility index (Phi) is 5.80. The van der Waals surface area contributed by atoms with E-state index in [1.54, 1.807) is 12.1 Å². The number of phenolic OH excluding ortho intramolecular Hbond substituents is 1. The molecule has 0 atom stereocenters. The van der Waals surface area contributed by atoms with Crippen molar-refractivity contribution < 1.29 is 9.90 Å². The van der Waals surface area contributed by atoms with Gasteiger partial charge in [0.2, 0.25) is 5.91 Å². The van der Waals surface area contributed by atoms with Gasteiger partial charge in [0.25, 0.3) is 0 Å². The number of nitrogens with zero attached hydrogens (tertiary/aromatic N) is 1. The van der Waals surface area contributed by atoms with Gasteiger partial charge in [-0.05, 0) is 30.0 Å². The average molecular weight is 311 g/mol. The minimum Gasteiger partial charge on any atom is -0.508 e. The SMILES string of the molecule is CCC(=O)N(Cc1ccccc1O)c1c(CC)cccc1CC. The number of carbonyl (C=O) groups is 1. The van der Waals surface area contributed by atoms with Gasteiger partial charge in [-0.3, -0.25) is 4.79 Å². The maximum atomic E-state index is 12.6. The van der Waals surface area contributed by atoms with E-state index >= 15 is 0 Å². The Morgan fingerprint density at radius 1 is 0.913 bits per heavy atom. The average Bonchev–Trinajstić information content (AvgIpc) is 2.59. The smallest absolute Gasteiger partial charge is 0.227 e. The second kappa shape index (κ2) is 7.82. The first kappa shape index (κ1) is 17.1. The van der Waals surface area contributed by atoms with Crippen molar-refractivity contribution in [2.24, 2.45) is 0 Å². The highest BCUT2D eigenvalue weighted by atomic mass is 16.3. The second-order valence-electron chi connectivity index (χ2n) is 5.59. The molecule has 23 heavy (non-hydrogen) atoms. The summed E-state index contributed by atoms with van der Waals surface area (Å²) in [5, 5.41) is 10.1. The van der Waals surface area contributed by atoms with Crippen molar-refractivity contribution in [3.63, 3.8) is 0 Å². The fraction of sp³-hybridized carbons (Fsp3) is 0.350. The highest BCUT2D eigenvalue weighted by Crippen LogP contribution is 2.30. The minimum atomic E-state index is 0.0730. The van der Waals surface area contributed by atoms with E-state index in [0.717, 1.165) is 24.1 Å². The first-order valence-electron chi connectivity index (χ1n) is 8.30. The fourth-order valence-electron chi connectivity index (χ4n) is 2.86. The van der Waals surface area contributed by atoms with Crippen LogP contribution in [0.5, 0.6) is 5.75 Å². The van der Waals surface area contributed by atoms with Crippen LogP contribution in [0.1, 0.15) is 43.9 Å². The van der Waals surface area contributed by atoms with Gasteiger partial charge in [0.1, 0.15) is 5.75 Å². The summed E-state index contributed by atoms with van der Waals surface area (Å²) in [6.07, 6.45) is 2.18. The quantitative estimate of drug-likeness (QED) is 0.855. The van der Waals surface area contributed by atoms with Crippen LogP contribution in [0.3, 0.4) is 0 Å². The minimum absolute atomic E-state index is 0.0730. The van der Waals surface area contributed by atoms with Crippen LogP contribution < -0.4 is 4.90 Å². The van der Waals surface area contributed by atoms with Crippen molar-refractivity contribution in [1.82, 2.24) is 0 Å². The molecule has 0 aliphatic rings. The summed E-state index contributed by atoms with van der Waals surface area (Å²) in [5.41, 5.74) is 4.11. The van der Waals surface area contributed by atoms with Gasteiger partial charge in [0.15, 0.2) is 0 Å². The normalized spacial score (nSPS) is 10.6. The van der Waals surface area contributed by atoms with Crippen LogP contribution in [0, 0.1) is 0 Å². The first-order chi connectivity index (χ1) is 11.1. The molecule has 1 amide bonds. The summed E-state index contributed by atoms with van der Waals surface area (Å²) < 4.78 is 0. The highest BCUT2D eigenvalue weighted by molar-refractivity contribution is 5.94. The molecule has 2 aromatic rings. The summed E-state index contributed by atoms with van der Waals surface area (Å²) in [7, 11) is 0. The van der Waals surface area contributed by atoms with Gasteiger partial charge in [0, 0.05) is 12.0 Å². The summed E-state index contributed by atoms with van der Waals surface area (Å²) in [6.45, 7) is 6.48. The summed E-state index contributed by atoms with van der Waals surface area (Å²) >= 11 is 0. The van der Waals surface area contributed by atoms with E-state index in [2.05, 4.69) is 32.0 Å². The molecule has 0 saturated carbocycles. The van der Waals surface area contributed by atoms with E-state index in [1.165, 1.54) is 11.1 Å². The van der Waals surface area contributed by atoms with Crippen molar-refractivity contribution in [2.45, 2.75) is 46.6 Å². The van der Waals surface area contributed by atoms with E-state index in [4.69, 9.17) is 0 Å². The zero-order chi connectivity index (χ0) is 16.8. The molecule has 0 heterocycles. The Hall–Kier alpha value is -2.29. The third-order valence-corrected chi connectivity index (χ3v) is 4.16. The number of phenols is 1. The number of benzene rings is 2. The maximum absolute atomic E-state index is 12.6. The molecule has 0 aliphatic heterocycles. The lowest BCUT2D eigenvalue weighted by molar-refractivity contribution is -0.118. The standard InChI is InChI=1S/C20H25NO2/c1-4-15-11-9-12-16(5-2)20(15)21(19(23)6-3)14-17-10-7-8-13-18(17)22/h7-13,22H,4-6,14H2,1-3H3. The lowest BCUT2D eigenvalue weighted by Crippen LogP contribution is -2.31. The largest absolute Gasteiger partial charge is 0.508 e. The third kappa shape index (κ3) is 3.73. The van der Waals surface area contributed by atoms with E-state index in [-0.39, 0.29) is 11.7 Å². The number of hydrogen-bond donors (Lipinski definition) is 1.